The van der Waals surface area contributed by atoms with Gasteiger partial charge in [0.05, 0.1) is 0 Å². The van der Waals surface area contributed by atoms with Crippen molar-refractivity contribution in [2.75, 3.05) is 52.5 Å². The highest BCUT2D eigenvalue weighted by Gasteiger charge is 2.17. The van der Waals surface area contributed by atoms with Gasteiger partial charge in [-0.25, -0.2) is 9.59 Å². The first kappa shape index (κ1) is 35.4. The van der Waals surface area contributed by atoms with Crippen LogP contribution in [0.5, 0.6) is 0 Å². The maximum atomic E-state index is 12.1. The van der Waals surface area contributed by atoms with E-state index in [1.165, 1.54) is 0 Å². The zero-order valence-corrected chi connectivity index (χ0v) is 23.5. The molecule has 0 radical (unpaired) electrons. The number of nitrogens with zero attached hydrogens (tertiary/aromatic N) is 2. The molecular formula is C26H48N2O10. The fourth-order valence-electron chi connectivity index (χ4n) is 3.67. The molecule has 0 aromatic heterocycles. The molecule has 0 aliphatic heterocycles. The van der Waals surface area contributed by atoms with Crippen LogP contribution in [0.25, 0.3) is 0 Å². The van der Waals surface area contributed by atoms with Gasteiger partial charge in [-0.2, -0.15) is 0 Å². The summed E-state index contributed by atoms with van der Waals surface area (Å²) in [6.45, 7) is 12.2. The Morgan fingerprint density at radius 1 is 0.632 bits per heavy atom. The molecule has 0 rings (SSSR count). The van der Waals surface area contributed by atoms with Crippen molar-refractivity contribution in [1.82, 2.24) is 9.80 Å². The topological polar surface area (TPSA) is 152 Å². The molecule has 0 heterocycles. The van der Waals surface area contributed by atoms with Crippen molar-refractivity contribution in [3.63, 3.8) is 0 Å². The first-order valence-electron chi connectivity index (χ1n) is 13.7. The van der Waals surface area contributed by atoms with Gasteiger partial charge in [-0.1, -0.05) is 27.7 Å². The van der Waals surface area contributed by atoms with E-state index in [9.17, 15) is 19.2 Å². The van der Waals surface area contributed by atoms with Gasteiger partial charge in [-0.15, -0.1) is 0 Å². The monoisotopic (exact) mass is 548 g/mol. The summed E-state index contributed by atoms with van der Waals surface area (Å²) in [4.78, 5) is 49.8. The summed E-state index contributed by atoms with van der Waals surface area (Å²) in [6, 6.07) is 0. The van der Waals surface area contributed by atoms with E-state index in [4.69, 9.17) is 29.2 Å². The zero-order valence-electron chi connectivity index (χ0n) is 23.5. The molecule has 0 aliphatic rings. The molecule has 0 aromatic rings. The molecule has 0 saturated carbocycles. The summed E-state index contributed by atoms with van der Waals surface area (Å²) < 4.78 is 21.1. The highest BCUT2D eigenvalue weighted by Crippen LogP contribution is 2.11. The highest BCUT2D eigenvalue weighted by molar-refractivity contribution is 5.66. The lowest BCUT2D eigenvalue weighted by molar-refractivity contribution is -0.138. The summed E-state index contributed by atoms with van der Waals surface area (Å²) >= 11 is 0. The fourth-order valence-corrected chi connectivity index (χ4v) is 3.67. The Labute approximate surface area is 226 Å². The van der Waals surface area contributed by atoms with Crippen molar-refractivity contribution in [3.05, 3.63) is 0 Å². The molecule has 0 aromatic carbocycles. The normalized spacial score (nSPS) is 12.7. The Morgan fingerprint density at radius 3 is 1.37 bits per heavy atom. The summed E-state index contributed by atoms with van der Waals surface area (Å²) in [5, 5.41) is 17.5. The van der Waals surface area contributed by atoms with Crippen LogP contribution in [0, 0.1) is 0 Å². The van der Waals surface area contributed by atoms with Crippen molar-refractivity contribution in [2.45, 2.75) is 91.3 Å². The van der Waals surface area contributed by atoms with Crippen LogP contribution in [0.4, 0.5) is 9.59 Å². The van der Waals surface area contributed by atoms with Crippen molar-refractivity contribution in [2.24, 2.45) is 0 Å². The van der Waals surface area contributed by atoms with Crippen molar-refractivity contribution in [3.8, 4) is 0 Å². The van der Waals surface area contributed by atoms with Gasteiger partial charge in [-0.05, 0) is 51.6 Å². The molecule has 2 N–H and O–H groups in total. The van der Waals surface area contributed by atoms with Gasteiger partial charge in [0.2, 0.25) is 0 Å². The Kier molecular flexibility index (Phi) is 20.9. The predicted octanol–water partition coefficient (Wildman–Crippen LogP) is 4.00. The highest BCUT2D eigenvalue weighted by atomic mass is 16.7. The summed E-state index contributed by atoms with van der Waals surface area (Å²) in [5.41, 5.74) is 0. The van der Waals surface area contributed by atoms with E-state index in [1.54, 1.807) is 0 Å². The summed E-state index contributed by atoms with van der Waals surface area (Å²) in [5.74, 6) is -1.77. The second-order valence-electron chi connectivity index (χ2n) is 8.93. The van der Waals surface area contributed by atoms with E-state index in [0.29, 0.717) is 58.2 Å². The molecule has 2 unspecified atom stereocenters. The number of rotatable bonds is 23. The maximum Gasteiger partial charge on any atom is 0.508 e. The van der Waals surface area contributed by atoms with Gasteiger partial charge >= 0.3 is 24.2 Å². The largest absolute Gasteiger partial charge is 0.508 e. The molecule has 12 heteroatoms. The molecule has 0 saturated heterocycles. The Morgan fingerprint density at radius 2 is 1.03 bits per heavy atom. The fraction of sp³-hybridized carbons (Fsp3) is 0.846. The molecule has 0 aliphatic carbocycles. The van der Waals surface area contributed by atoms with E-state index in [0.717, 1.165) is 19.6 Å². The molecule has 2 atom stereocenters. The Bertz CT molecular complexity index is 624. The third-order valence-electron chi connectivity index (χ3n) is 6.15. The lowest BCUT2D eigenvalue weighted by Gasteiger charge is -2.26. The molecule has 222 valence electrons. The van der Waals surface area contributed by atoms with Crippen molar-refractivity contribution in [1.29, 1.82) is 0 Å². The van der Waals surface area contributed by atoms with Crippen LogP contribution in [0.1, 0.15) is 79.1 Å². The first-order valence-corrected chi connectivity index (χ1v) is 13.7. The third kappa shape index (κ3) is 19.5. The second-order valence-corrected chi connectivity index (χ2v) is 8.93. The molecule has 0 spiro atoms. The van der Waals surface area contributed by atoms with Gasteiger partial charge in [-0.3, -0.25) is 14.5 Å². The summed E-state index contributed by atoms with van der Waals surface area (Å²) in [7, 11) is 0. The number of hydrogen-bond donors (Lipinski definition) is 2. The van der Waals surface area contributed by atoms with Gasteiger partial charge in [0.1, 0.15) is 25.4 Å². The predicted molar refractivity (Wildman–Crippen MR) is 140 cm³/mol. The standard InChI is InChI=1S/C26H48N2O10/c1-5-21(11-9-13-23(29)30)37-25(33)35-19-17-28(16-15-27(7-3)8-4)18-20-36-26(34)38-22(6-2)12-10-14-24(31)32/h21-22H,5-20H2,1-4H3,(H,29,30)(H,31,32). The minimum Gasteiger partial charge on any atom is -0.481 e. The Hall–Kier alpha value is -2.60. The second kappa shape index (κ2) is 22.4. The van der Waals surface area contributed by atoms with Crippen LogP contribution >= 0.6 is 0 Å². The number of ether oxygens (including phenoxy) is 4. The van der Waals surface area contributed by atoms with Gasteiger partial charge in [0.15, 0.2) is 0 Å². The lowest BCUT2D eigenvalue weighted by atomic mass is 10.1. The number of carboxylic acids is 2. The minimum absolute atomic E-state index is 0.0237. The van der Waals surface area contributed by atoms with Gasteiger partial charge in [0, 0.05) is 39.0 Å². The maximum absolute atomic E-state index is 12.1. The number of carboxylic acid groups (broad SMARTS) is 2. The zero-order chi connectivity index (χ0) is 28.8. The number of carbonyl (C=O) groups is 4. The number of carbonyl (C=O) groups excluding carboxylic acids is 2. The van der Waals surface area contributed by atoms with Crippen LogP contribution in [-0.4, -0.2) is 109 Å². The quantitative estimate of drug-likeness (QED) is 0.177. The van der Waals surface area contributed by atoms with Crippen LogP contribution in [0.3, 0.4) is 0 Å². The molecule has 0 bridgehead atoms. The average Bonchev–Trinajstić information content (AvgIpc) is 2.87. The lowest BCUT2D eigenvalue weighted by Crippen LogP contribution is -2.39. The minimum atomic E-state index is -0.884. The summed E-state index contributed by atoms with van der Waals surface area (Å²) in [6.07, 6.45) is 0.576. The molecule has 0 fully saturated rings. The van der Waals surface area contributed by atoms with Crippen LogP contribution in [0.2, 0.25) is 0 Å². The molecule has 0 amide bonds. The number of aliphatic carboxylic acids is 2. The van der Waals surface area contributed by atoms with E-state index >= 15 is 0 Å². The average molecular weight is 549 g/mol. The van der Waals surface area contributed by atoms with Gasteiger partial charge in [0.25, 0.3) is 0 Å². The molecule has 12 nitrogen and oxygen atoms in total. The van der Waals surface area contributed by atoms with Crippen LogP contribution in [-0.2, 0) is 28.5 Å². The number of likely N-dealkylation sites (N-methyl/N-ethyl adjacent to an activating group) is 1. The van der Waals surface area contributed by atoms with Crippen molar-refractivity contribution >= 4 is 24.2 Å². The van der Waals surface area contributed by atoms with Gasteiger partial charge < -0.3 is 34.1 Å². The van der Waals surface area contributed by atoms with E-state index in [1.807, 2.05) is 18.7 Å². The third-order valence-corrected chi connectivity index (χ3v) is 6.15. The Balaban J connectivity index is 4.60. The van der Waals surface area contributed by atoms with E-state index in [-0.39, 0.29) is 26.1 Å². The first-order chi connectivity index (χ1) is 18.1. The number of hydrogen-bond acceptors (Lipinski definition) is 10. The molecule has 38 heavy (non-hydrogen) atoms. The van der Waals surface area contributed by atoms with E-state index in [2.05, 4.69) is 18.7 Å². The van der Waals surface area contributed by atoms with Crippen molar-refractivity contribution < 1.29 is 48.3 Å². The van der Waals surface area contributed by atoms with E-state index < -0.39 is 36.5 Å². The van der Waals surface area contributed by atoms with Crippen LogP contribution < -0.4 is 0 Å². The van der Waals surface area contributed by atoms with Crippen LogP contribution in [0.15, 0.2) is 0 Å². The smallest absolute Gasteiger partial charge is 0.481 e. The SMILES string of the molecule is CCC(CCCC(=O)O)OC(=O)OCCN(CCOC(=O)OC(CC)CCCC(=O)O)CCN(CC)CC. The molecular weight excluding hydrogens is 500 g/mol.